The number of aliphatic hydroxyl groups excluding tert-OH is 1. The molecule has 0 saturated carbocycles. The van der Waals surface area contributed by atoms with Crippen LogP contribution in [0.4, 0.5) is 5.82 Å². The zero-order valence-electron chi connectivity index (χ0n) is 16.2. The van der Waals surface area contributed by atoms with Gasteiger partial charge in [0, 0.05) is 24.3 Å². The van der Waals surface area contributed by atoms with Crippen molar-refractivity contribution in [1.82, 2.24) is 19.7 Å². The van der Waals surface area contributed by atoms with E-state index in [9.17, 15) is 10.4 Å². The van der Waals surface area contributed by atoms with Crippen molar-refractivity contribution in [3.05, 3.63) is 64.9 Å². The molecule has 1 N–H and O–H groups in total. The van der Waals surface area contributed by atoms with E-state index in [0.29, 0.717) is 24.3 Å². The Morgan fingerprint density at radius 1 is 1.21 bits per heavy atom. The average molecular weight is 374 g/mol. The Bertz CT molecular complexity index is 1070. The third kappa shape index (κ3) is 3.12. The molecule has 1 saturated heterocycles. The maximum atomic E-state index is 10.4. The van der Waals surface area contributed by atoms with Crippen molar-refractivity contribution in [2.75, 3.05) is 11.4 Å². The molecule has 0 bridgehead atoms. The number of rotatable bonds is 3. The van der Waals surface area contributed by atoms with E-state index < -0.39 is 6.10 Å². The molecule has 0 radical (unpaired) electrons. The summed E-state index contributed by atoms with van der Waals surface area (Å²) in [4.78, 5) is 6.62. The van der Waals surface area contributed by atoms with E-state index in [0.717, 1.165) is 28.3 Å². The molecule has 1 aliphatic rings. The van der Waals surface area contributed by atoms with Gasteiger partial charge in [-0.05, 0) is 50.1 Å². The van der Waals surface area contributed by atoms with Crippen LogP contribution in [0.25, 0.3) is 5.69 Å². The SMILES string of the molecule is Cc1cccc(-n2cnnc2[C@@H]2C[C@H](O)CN2c2nc(C)cc(C)c2C#N)c1. The number of aromatic nitrogens is 4. The number of hydrogen-bond acceptors (Lipinski definition) is 6. The topological polar surface area (TPSA) is 90.9 Å². The number of benzene rings is 1. The number of nitriles is 1. The van der Waals surface area contributed by atoms with Gasteiger partial charge in [-0.1, -0.05) is 12.1 Å². The van der Waals surface area contributed by atoms with Crippen LogP contribution in [0, 0.1) is 32.1 Å². The van der Waals surface area contributed by atoms with Crippen molar-refractivity contribution < 1.29 is 5.11 Å². The maximum Gasteiger partial charge on any atom is 0.160 e. The second kappa shape index (κ2) is 7.06. The van der Waals surface area contributed by atoms with Crippen molar-refractivity contribution in [3.8, 4) is 11.8 Å². The van der Waals surface area contributed by atoms with Gasteiger partial charge in [0.05, 0.1) is 17.7 Å². The van der Waals surface area contributed by atoms with Crippen molar-refractivity contribution in [2.24, 2.45) is 0 Å². The molecule has 0 amide bonds. The predicted molar refractivity (Wildman–Crippen MR) is 105 cm³/mol. The number of pyridine rings is 1. The van der Waals surface area contributed by atoms with Crippen LogP contribution in [0.1, 0.15) is 40.7 Å². The van der Waals surface area contributed by atoms with Crippen LogP contribution < -0.4 is 4.90 Å². The number of β-amino-alcohol motifs (C(OH)–C–C–N with tert-alkyl or cyclic N) is 1. The zero-order chi connectivity index (χ0) is 19.8. The fourth-order valence-electron chi connectivity index (χ4n) is 3.90. The molecule has 3 aromatic rings. The quantitative estimate of drug-likeness (QED) is 0.758. The Hall–Kier alpha value is -3.24. The molecular formula is C21H22N6O. The average Bonchev–Trinajstić information content (AvgIpc) is 3.27. The third-order valence-corrected chi connectivity index (χ3v) is 5.14. The highest BCUT2D eigenvalue weighted by Crippen LogP contribution is 2.37. The van der Waals surface area contributed by atoms with Crippen LogP contribution in [-0.4, -0.2) is 37.5 Å². The molecule has 7 heteroatoms. The van der Waals surface area contributed by atoms with Gasteiger partial charge in [0.2, 0.25) is 0 Å². The Morgan fingerprint density at radius 3 is 2.79 bits per heavy atom. The molecule has 4 rings (SSSR count). The fourth-order valence-corrected chi connectivity index (χ4v) is 3.90. The van der Waals surface area contributed by atoms with E-state index in [1.807, 2.05) is 54.5 Å². The Balaban J connectivity index is 1.82. The molecule has 0 aliphatic carbocycles. The maximum absolute atomic E-state index is 10.4. The van der Waals surface area contributed by atoms with Gasteiger partial charge in [0.1, 0.15) is 18.2 Å². The first-order valence-electron chi connectivity index (χ1n) is 9.28. The molecule has 1 fully saturated rings. The van der Waals surface area contributed by atoms with Gasteiger partial charge in [-0.25, -0.2) is 4.98 Å². The van der Waals surface area contributed by atoms with Crippen LogP contribution in [0.3, 0.4) is 0 Å². The van der Waals surface area contributed by atoms with E-state index in [1.54, 1.807) is 6.33 Å². The number of aryl methyl sites for hydroxylation is 3. The lowest BCUT2D eigenvalue weighted by Crippen LogP contribution is -2.28. The summed E-state index contributed by atoms with van der Waals surface area (Å²) >= 11 is 0. The van der Waals surface area contributed by atoms with Gasteiger partial charge in [-0.2, -0.15) is 5.26 Å². The highest BCUT2D eigenvalue weighted by atomic mass is 16.3. The van der Waals surface area contributed by atoms with Gasteiger partial charge in [0.15, 0.2) is 5.82 Å². The normalized spacial score (nSPS) is 19.0. The fraction of sp³-hybridized carbons (Fsp3) is 0.333. The minimum Gasteiger partial charge on any atom is -0.391 e. The van der Waals surface area contributed by atoms with Crippen molar-refractivity contribution in [1.29, 1.82) is 5.26 Å². The number of nitrogens with zero attached hydrogens (tertiary/aromatic N) is 6. The van der Waals surface area contributed by atoms with Crippen molar-refractivity contribution >= 4 is 5.82 Å². The second-order valence-corrected chi connectivity index (χ2v) is 7.35. The number of anilines is 1. The first-order valence-corrected chi connectivity index (χ1v) is 9.28. The predicted octanol–water partition coefficient (Wildman–Crippen LogP) is 2.77. The zero-order valence-corrected chi connectivity index (χ0v) is 16.2. The highest BCUT2D eigenvalue weighted by molar-refractivity contribution is 5.60. The molecule has 142 valence electrons. The molecule has 2 aromatic heterocycles. The highest BCUT2D eigenvalue weighted by Gasteiger charge is 2.37. The first-order chi connectivity index (χ1) is 13.5. The minimum atomic E-state index is -0.526. The third-order valence-electron chi connectivity index (χ3n) is 5.14. The summed E-state index contributed by atoms with van der Waals surface area (Å²) in [5.41, 5.74) is 4.36. The van der Waals surface area contributed by atoms with E-state index in [-0.39, 0.29) is 6.04 Å². The molecule has 1 aliphatic heterocycles. The summed E-state index contributed by atoms with van der Waals surface area (Å²) in [5, 5.41) is 28.6. The lowest BCUT2D eigenvalue weighted by molar-refractivity contribution is 0.193. The largest absolute Gasteiger partial charge is 0.391 e. The van der Waals surface area contributed by atoms with Gasteiger partial charge < -0.3 is 10.0 Å². The Kier molecular flexibility index (Phi) is 4.57. The van der Waals surface area contributed by atoms with E-state index in [2.05, 4.69) is 27.3 Å². The number of hydrogen-bond donors (Lipinski definition) is 1. The smallest absolute Gasteiger partial charge is 0.160 e. The second-order valence-electron chi connectivity index (χ2n) is 7.35. The van der Waals surface area contributed by atoms with Crippen LogP contribution in [-0.2, 0) is 0 Å². The standard InChI is InChI=1S/C21H22N6O/c1-13-5-4-6-16(7-13)27-12-23-25-21(27)19-9-17(28)11-26(19)20-18(10-22)14(2)8-15(3)24-20/h4-8,12,17,19,28H,9,11H2,1-3H3/t17-,19-/m0/s1. The van der Waals surface area contributed by atoms with Gasteiger partial charge in [0.25, 0.3) is 0 Å². The van der Waals surface area contributed by atoms with Crippen molar-refractivity contribution in [3.63, 3.8) is 0 Å². The molecule has 0 spiro atoms. The van der Waals surface area contributed by atoms with Crippen LogP contribution in [0.15, 0.2) is 36.7 Å². The van der Waals surface area contributed by atoms with E-state index in [4.69, 9.17) is 0 Å². The summed E-state index contributed by atoms with van der Waals surface area (Å²) in [6, 6.07) is 12.1. The summed E-state index contributed by atoms with van der Waals surface area (Å²) in [5.74, 6) is 1.33. The van der Waals surface area contributed by atoms with Gasteiger partial charge in [-0.3, -0.25) is 4.57 Å². The van der Waals surface area contributed by atoms with Gasteiger partial charge in [-0.15, -0.1) is 10.2 Å². The summed E-state index contributed by atoms with van der Waals surface area (Å²) in [6.07, 6.45) is 1.67. The summed E-state index contributed by atoms with van der Waals surface area (Å²) in [7, 11) is 0. The number of aliphatic hydroxyl groups is 1. The van der Waals surface area contributed by atoms with Crippen LogP contribution in [0.2, 0.25) is 0 Å². The molecule has 2 atom stereocenters. The van der Waals surface area contributed by atoms with Crippen LogP contribution >= 0.6 is 0 Å². The lowest BCUT2D eigenvalue weighted by Gasteiger charge is -2.26. The summed E-state index contributed by atoms with van der Waals surface area (Å²) in [6.45, 7) is 6.26. The van der Waals surface area contributed by atoms with E-state index >= 15 is 0 Å². The molecule has 7 nitrogen and oxygen atoms in total. The molecular weight excluding hydrogens is 352 g/mol. The van der Waals surface area contributed by atoms with E-state index in [1.165, 1.54) is 0 Å². The van der Waals surface area contributed by atoms with Crippen LogP contribution in [0.5, 0.6) is 0 Å². The first kappa shape index (κ1) is 18.1. The molecule has 0 unspecified atom stereocenters. The summed E-state index contributed by atoms with van der Waals surface area (Å²) < 4.78 is 1.94. The van der Waals surface area contributed by atoms with Gasteiger partial charge >= 0.3 is 0 Å². The lowest BCUT2D eigenvalue weighted by atomic mass is 10.1. The Labute approximate surface area is 163 Å². The molecule has 28 heavy (non-hydrogen) atoms. The minimum absolute atomic E-state index is 0.223. The monoisotopic (exact) mass is 374 g/mol. The Morgan fingerprint density at radius 2 is 2.04 bits per heavy atom. The van der Waals surface area contributed by atoms with Crippen molar-refractivity contribution in [2.45, 2.75) is 39.3 Å². The molecule has 3 heterocycles. The molecule has 1 aromatic carbocycles.